The predicted molar refractivity (Wildman–Crippen MR) is 95.4 cm³/mol. The lowest BCUT2D eigenvalue weighted by atomic mass is 9.81. The van der Waals surface area contributed by atoms with Crippen LogP contribution in [0.25, 0.3) is 0 Å². The molecular weight excluding hydrogens is 372 g/mol. The molecule has 0 spiro atoms. The Morgan fingerprint density at radius 2 is 1.07 bits per heavy atom. The maximum Gasteiger partial charge on any atom is 0.281 e. The summed E-state index contributed by atoms with van der Waals surface area (Å²) < 4.78 is 10.8. The van der Waals surface area contributed by atoms with Crippen molar-refractivity contribution < 1.29 is 28.9 Å². The summed E-state index contributed by atoms with van der Waals surface area (Å²) in [7, 11) is 0. The van der Waals surface area contributed by atoms with E-state index < -0.39 is 43.9 Å². The highest BCUT2D eigenvalue weighted by atomic mass is 16.6. The molecule has 0 saturated carbocycles. The largest absolute Gasteiger partial charge is 0.493 e. The van der Waals surface area contributed by atoms with Gasteiger partial charge in [-0.1, -0.05) is 0 Å². The van der Waals surface area contributed by atoms with Gasteiger partial charge in [-0.2, -0.15) is 0 Å². The van der Waals surface area contributed by atoms with Crippen LogP contribution < -0.4 is 9.47 Å². The van der Waals surface area contributed by atoms with Gasteiger partial charge in [-0.15, -0.1) is 0 Å². The summed E-state index contributed by atoms with van der Waals surface area (Å²) in [5.74, 6) is -1.82. The first-order valence-corrected chi connectivity index (χ1v) is 8.31. The van der Waals surface area contributed by atoms with Crippen molar-refractivity contribution >= 4 is 22.9 Å². The van der Waals surface area contributed by atoms with Gasteiger partial charge >= 0.3 is 0 Å². The van der Waals surface area contributed by atoms with Gasteiger partial charge in [0.05, 0.1) is 34.2 Å². The molecule has 0 amide bonds. The molecule has 0 aliphatic heterocycles. The molecule has 0 fully saturated rings. The van der Waals surface area contributed by atoms with E-state index in [1.54, 1.807) is 13.8 Å². The average Bonchev–Trinajstić information content (AvgIpc) is 2.65. The van der Waals surface area contributed by atoms with Crippen LogP contribution >= 0.6 is 0 Å². The number of rotatable bonds is 6. The van der Waals surface area contributed by atoms with Gasteiger partial charge in [0, 0.05) is 12.1 Å². The summed E-state index contributed by atoms with van der Waals surface area (Å²) in [6, 6.07) is 4.54. The number of ketones is 2. The summed E-state index contributed by atoms with van der Waals surface area (Å²) in [6.07, 6.45) is 0. The smallest absolute Gasteiger partial charge is 0.281 e. The molecule has 28 heavy (non-hydrogen) atoms. The van der Waals surface area contributed by atoms with E-state index in [0.29, 0.717) is 0 Å². The maximum absolute atomic E-state index is 13.2. The van der Waals surface area contributed by atoms with Crippen molar-refractivity contribution in [3.8, 4) is 11.5 Å². The van der Waals surface area contributed by atoms with E-state index in [1.165, 1.54) is 12.1 Å². The van der Waals surface area contributed by atoms with E-state index in [-0.39, 0.29) is 35.8 Å². The molecule has 0 atom stereocenters. The molecule has 0 bridgehead atoms. The molecule has 2 aromatic carbocycles. The van der Waals surface area contributed by atoms with Gasteiger partial charge < -0.3 is 9.47 Å². The summed E-state index contributed by atoms with van der Waals surface area (Å²) in [6.45, 7) is 3.58. The lowest BCUT2D eigenvalue weighted by Crippen LogP contribution is -2.25. The van der Waals surface area contributed by atoms with Crippen LogP contribution in [0.1, 0.15) is 45.7 Å². The van der Waals surface area contributed by atoms with Crippen LogP contribution in [0.3, 0.4) is 0 Å². The third-order valence-corrected chi connectivity index (χ3v) is 4.19. The van der Waals surface area contributed by atoms with Gasteiger partial charge in [-0.05, 0) is 26.0 Å². The van der Waals surface area contributed by atoms with Gasteiger partial charge in [0.1, 0.15) is 22.6 Å². The Morgan fingerprint density at radius 3 is 1.39 bits per heavy atom. The maximum atomic E-state index is 13.2. The van der Waals surface area contributed by atoms with Crippen LogP contribution in [0.4, 0.5) is 11.4 Å². The standard InChI is InChI=1S/C18H14N2O8/c1-3-27-11-7-5-9(19(23)24)13-15(11)18(22)16-12(28-4-2)8-6-10(20(25)26)14(16)17(13)21/h5-8H,3-4H2,1-2H3. The SMILES string of the molecule is CCOc1ccc([N+](=O)[O-])c2c1C(=O)c1c(OCC)ccc([N+](=O)[O-])c1C2=O. The van der Waals surface area contributed by atoms with Gasteiger partial charge in [-0.25, -0.2) is 0 Å². The second kappa shape index (κ2) is 7.06. The fourth-order valence-electron chi connectivity index (χ4n) is 3.16. The fourth-order valence-corrected chi connectivity index (χ4v) is 3.16. The molecule has 10 heteroatoms. The van der Waals surface area contributed by atoms with Crippen molar-refractivity contribution in [2.24, 2.45) is 0 Å². The Hall–Kier alpha value is -3.82. The van der Waals surface area contributed by atoms with E-state index in [9.17, 15) is 29.8 Å². The molecular formula is C18H14N2O8. The molecule has 144 valence electrons. The third-order valence-electron chi connectivity index (χ3n) is 4.19. The molecule has 2 aromatic rings. The minimum absolute atomic E-state index is 0.0129. The lowest BCUT2D eigenvalue weighted by Gasteiger charge is -2.21. The summed E-state index contributed by atoms with van der Waals surface area (Å²) >= 11 is 0. The Kier molecular flexibility index (Phi) is 4.78. The highest BCUT2D eigenvalue weighted by Crippen LogP contribution is 2.44. The summed E-state index contributed by atoms with van der Waals surface area (Å²) in [5.41, 5.74) is -2.89. The Labute approximate surface area is 158 Å². The first-order chi connectivity index (χ1) is 13.3. The average molecular weight is 386 g/mol. The number of carbonyl (C=O) groups excluding carboxylic acids is 2. The van der Waals surface area contributed by atoms with Crippen LogP contribution in [0.5, 0.6) is 11.5 Å². The second-order valence-electron chi connectivity index (χ2n) is 5.70. The Balaban J connectivity index is 2.43. The topological polar surface area (TPSA) is 139 Å². The first kappa shape index (κ1) is 19.0. The summed E-state index contributed by atoms with van der Waals surface area (Å²) in [5, 5.41) is 22.9. The zero-order chi connectivity index (χ0) is 20.6. The molecule has 0 unspecified atom stereocenters. The van der Waals surface area contributed by atoms with Crippen molar-refractivity contribution in [2.45, 2.75) is 13.8 Å². The molecule has 3 rings (SSSR count). The van der Waals surface area contributed by atoms with E-state index in [1.807, 2.05) is 0 Å². The molecule has 1 aliphatic rings. The van der Waals surface area contributed by atoms with Crippen LogP contribution in [-0.4, -0.2) is 34.6 Å². The number of ether oxygens (including phenoxy) is 2. The zero-order valence-electron chi connectivity index (χ0n) is 14.9. The van der Waals surface area contributed by atoms with E-state index >= 15 is 0 Å². The first-order valence-electron chi connectivity index (χ1n) is 8.31. The molecule has 0 saturated heterocycles. The molecule has 0 N–H and O–H groups in total. The highest BCUT2D eigenvalue weighted by molar-refractivity contribution is 6.32. The molecule has 0 radical (unpaired) electrons. The van der Waals surface area contributed by atoms with Crippen LogP contribution in [0.15, 0.2) is 24.3 Å². The number of nitro groups is 2. The number of carbonyl (C=O) groups is 2. The van der Waals surface area contributed by atoms with Crippen LogP contribution in [-0.2, 0) is 0 Å². The Morgan fingerprint density at radius 1 is 0.714 bits per heavy atom. The van der Waals surface area contributed by atoms with Crippen molar-refractivity contribution in [2.75, 3.05) is 13.2 Å². The molecule has 0 aromatic heterocycles. The quantitative estimate of drug-likeness (QED) is 0.465. The monoisotopic (exact) mass is 386 g/mol. The minimum atomic E-state index is -0.994. The van der Waals surface area contributed by atoms with Crippen molar-refractivity contribution in [3.63, 3.8) is 0 Å². The number of nitro benzene ring substituents is 2. The van der Waals surface area contributed by atoms with Gasteiger partial charge in [0.2, 0.25) is 11.6 Å². The summed E-state index contributed by atoms with van der Waals surface area (Å²) in [4.78, 5) is 47.6. The molecule has 0 heterocycles. The van der Waals surface area contributed by atoms with E-state index in [4.69, 9.17) is 9.47 Å². The highest BCUT2D eigenvalue weighted by Gasteiger charge is 2.43. The van der Waals surface area contributed by atoms with Crippen molar-refractivity contribution in [1.82, 2.24) is 0 Å². The molecule has 1 aliphatic carbocycles. The number of benzene rings is 2. The lowest BCUT2D eigenvalue weighted by molar-refractivity contribution is -0.385. The number of nitrogens with zero attached hydrogens (tertiary/aromatic N) is 2. The predicted octanol–water partition coefficient (Wildman–Crippen LogP) is 3.08. The van der Waals surface area contributed by atoms with Gasteiger partial charge in [-0.3, -0.25) is 29.8 Å². The van der Waals surface area contributed by atoms with E-state index in [0.717, 1.165) is 12.1 Å². The van der Waals surface area contributed by atoms with Crippen molar-refractivity contribution in [3.05, 3.63) is 66.7 Å². The van der Waals surface area contributed by atoms with Crippen LogP contribution in [0, 0.1) is 20.2 Å². The van der Waals surface area contributed by atoms with Gasteiger partial charge in [0.15, 0.2) is 0 Å². The zero-order valence-corrected chi connectivity index (χ0v) is 14.9. The minimum Gasteiger partial charge on any atom is -0.493 e. The Bertz CT molecular complexity index is 965. The normalized spacial score (nSPS) is 12.2. The van der Waals surface area contributed by atoms with Crippen LogP contribution in [0.2, 0.25) is 0 Å². The third kappa shape index (κ3) is 2.75. The number of hydrogen-bond acceptors (Lipinski definition) is 8. The fraction of sp³-hybridized carbons (Fsp3) is 0.222. The van der Waals surface area contributed by atoms with Gasteiger partial charge in [0.25, 0.3) is 11.4 Å². The van der Waals surface area contributed by atoms with E-state index in [2.05, 4.69) is 0 Å². The van der Waals surface area contributed by atoms with Crippen molar-refractivity contribution in [1.29, 1.82) is 0 Å². The number of hydrogen-bond donors (Lipinski definition) is 0. The number of fused-ring (bicyclic) bond motifs is 2. The second-order valence-corrected chi connectivity index (χ2v) is 5.70. The molecule has 10 nitrogen and oxygen atoms in total.